The fourth-order valence-electron chi connectivity index (χ4n) is 1.11. The minimum Gasteiger partial charge on any atom is -0.490 e. The van der Waals surface area contributed by atoms with Crippen LogP contribution in [-0.2, 0) is 14.4 Å². The van der Waals surface area contributed by atoms with Crippen LogP contribution in [-0.4, -0.2) is 36.5 Å². The Hall–Kier alpha value is -1.17. The molecular formula is C10H12ClNO4. The lowest BCUT2D eigenvalue weighted by Gasteiger charge is -2.05. The van der Waals surface area contributed by atoms with Gasteiger partial charge in [0.1, 0.15) is 24.0 Å². The number of rotatable bonds is 6. The smallest absolute Gasteiger partial charge is 0.164 e. The average Bonchev–Trinajstić information content (AvgIpc) is 2.73. The Balaban J connectivity index is 2.43. The Kier molecular flexibility index (Phi) is 5.18. The van der Waals surface area contributed by atoms with Crippen LogP contribution in [0.4, 0.5) is 0 Å². The molecule has 0 bridgehead atoms. The topological polar surface area (TPSA) is 68.1 Å². The van der Waals surface area contributed by atoms with E-state index in [4.69, 9.17) is 21.6 Å². The Bertz CT molecular complexity index is 349. The fraction of sp³-hybridized carbons (Fsp3) is 0.400. The highest BCUT2D eigenvalue weighted by Crippen LogP contribution is 2.10. The van der Waals surface area contributed by atoms with Gasteiger partial charge in [0.05, 0.1) is 11.8 Å². The minimum absolute atomic E-state index is 0.0396. The third-order valence-corrected chi connectivity index (χ3v) is 2.32. The third kappa shape index (κ3) is 3.77. The molecule has 0 saturated carbocycles. The van der Waals surface area contributed by atoms with Crippen molar-refractivity contribution in [2.24, 2.45) is 4.99 Å². The molecule has 88 valence electrons. The summed E-state index contributed by atoms with van der Waals surface area (Å²) < 4.78 is 5.24. The molecule has 0 aromatic rings. The number of aldehydes is 1. The van der Waals surface area contributed by atoms with Gasteiger partial charge in [-0.05, 0) is 13.0 Å². The van der Waals surface area contributed by atoms with Crippen molar-refractivity contribution in [1.82, 2.24) is 0 Å². The van der Waals surface area contributed by atoms with Crippen molar-refractivity contribution >= 4 is 23.6 Å². The molecule has 1 atom stereocenters. The first kappa shape index (κ1) is 12.9. The van der Waals surface area contributed by atoms with Gasteiger partial charge in [0, 0.05) is 0 Å². The molecular weight excluding hydrogens is 234 g/mol. The zero-order valence-corrected chi connectivity index (χ0v) is 9.48. The van der Waals surface area contributed by atoms with Crippen LogP contribution in [0.5, 0.6) is 0 Å². The number of ether oxygens (including phenoxy) is 1. The first-order valence-electron chi connectivity index (χ1n) is 4.63. The Morgan fingerprint density at radius 2 is 2.50 bits per heavy atom. The molecule has 0 fully saturated rings. The second-order valence-corrected chi connectivity index (χ2v) is 3.56. The van der Waals surface area contributed by atoms with E-state index in [0.29, 0.717) is 17.8 Å². The molecule has 0 aromatic carbocycles. The molecule has 1 heterocycles. The Morgan fingerprint density at radius 1 is 1.75 bits per heavy atom. The van der Waals surface area contributed by atoms with Gasteiger partial charge < -0.3 is 4.74 Å². The summed E-state index contributed by atoms with van der Waals surface area (Å²) in [6, 6.07) is -0.186. The SMILES string of the molecule is C/C(OCC1=NC(COO)C=C1)=C(/Cl)C=O. The monoisotopic (exact) mass is 245 g/mol. The van der Waals surface area contributed by atoms with Crippen LogP contribution >= 0.6 is 11.6 Å². The van der Waals surface area contributed by atoms with E-state index in [9.17, 15) is 4.79 Å². The van der Waals surface area contributed by atoms with E-state index in [1.165, 1.54) is 0 Å². The maximum atomic E-state index is 10.3. The van der Waals surface area contributed by atoms with Gasteiger partial charge in [-0.15, -0.1) is 0 Å². The van der Waals surface area contributed by atoms with Gasteiger partial charge in [-0.1, -0.05) is 17.7 Å². The lowest BCUT2D eigenvalue weighted by molar-refractivity contribution is -0.242. The lowest BCUT2D eigenvalue weighted by Crippen LogP contribution is -2.09. The Morgan fingerprint density at radius 3 is 3.12 bits per heavy atom. The van der Waals surface area contributed by atoms with E-state index < -0.39 is 0 Å². The van der Waals surface area contributed by atoms with Gasteiger partial charge in [0.25, 0.3) is 0 Å². The van der Waals surface area contributed by atoms with Crippen molar-refractivity contribution in [2.75, 3.05) is 13.2 Å². The molecule has 0 saturated heterocycles. The molecule has 0 amide bonds. The molecule has 6 heteroatoms. The van der Waals surface area contributed by atoms with E-state index in [1.807, 2.05) is 0 Å². The van der Waals surface area contributed by atoms with Gasteiger partial charge in [0.15, 0.2) is 6.29 Å². The van der Waals surface area contributed by atoms with Crippen molar-refractivity contribution in [1.29, 1.82) is 0 Å². The maximum Gasteiger partial charge on any atom is 0.164 e. The first-order chi connectivity index (χ1) is 7.67. The standard InChI is InChI=1S/C10H12ClNO4/c1-7(10(11)4-13)15-5-8-2-3-9(12-8)6-16-14/h2-4,9,14H,5-6H2,1H3/b10-7-. The second-order valence-electron chi connectivity index (χ2n) is 3.15. The third-order valence-electron chi connectivity index (χ3n) is 1.96. The van der Waals surface area contributed by atoms with Crippen molar-refractivity contribution in [3.8, 4) is 0 Å². The molecule has 0 aromatic heterocycles. The van der Waals surface area contributed by atoms with E-state index in [0.717, 1.165) is 0 Å². The van der Waals surface area contributed by atoms with E-state index >= 15 is 0 Å². The summed E-state index contributed by atoms with van der Waals surface area (Å²) in [6.45, 7) is 1.95. The van der Waals surface area contributed by atoms with Crippen molar-refractivity contribution in [2.45, 2.75) is 13.0 Å². The van der Waals surface area contributed by atoms with Crippen LogP contribution in [0.1, 0.15) is 6.92 Å². The van der Waals surface area contributed by atoms with Gasteiger partial charge in [0.2, 0.25) is 0 Å². The number of carbonyl (C=O) groups excluding carboxylic acids is 1. The predicted octanol–water partition coefficient (Wildman–Crippen LogP) is 1.54. The summed E-state index contributed by atoms with van der Waals surface area (Å²) in [7, 11) is 0. The number of aliphatic imine (C=N–C) groups is 1. The summed E-state index contributed by atoms with van der Waals surface area (Å²) in [5.41, 5.74) is 0.705. The highest BCUT2D eigenvalue weighted by molar-refractivity contribution is 6.38. The van der Waals surface area contributed by atoms with Crippen LogP contribution in [0, 0.1) is 0 Å². The van der Waals surface area contributed by atoms with E-state index in [-0.39, 0.29) is 24.3 Å². The molecule has 1 rings (SSSR count). The average molecular weight is 246 g/mol. The highest BCUT2D eigenvalue weighted by Gasteiger charge is 2.11. The Labute approximate surface area is 97.9 Å². The fourth-order valence-corrected chi connectivity index (χ4v) is 1.16. The van der Waals surface area contributed by atoms with Crippen molar-refractivity contribution in [3.05, 3.63) is 22.9 Å². The molecule has 0 radical (unpaired) electrons. The minimum atomic E-state index is -0.186. The second kappa shape index (κ2) is 6.42. The zero-order valence-electron chi connectivity index (χ0n) is 8.72. The number of carbonyl (C=O) groups is 1. The first-order valence-corrected chi connectivity index (χ1v) is 5.00. The van der Waals surface area contributed by atoms with Crippen molar-refractivity contribution < 1.29 is 19.7 Å². The summed E-state index contributed by atoms with van der Waals surface area (Å²) in [6.07, 6.45) is 4.08. The molecule has 1 N–H and O–H groups in total. The molecule has 5 nitrogen and oxygen atoms in total. The van der Waals surface area contributed by atoms with Gasteiger partial charge in [-0.3, -0.25) is 15.0 Å². The van der Waals surface area contributed by atoms with E-state index in [2.05, 4.69) is 9.88 Å². The van der Waals surface area contributed by atoms with Crippen LogP contribution in [0.15, 0.2) is 27.9 Å². The number of hydrogen-bond acceptors (Lipinski definition) is 5. The largest absolute Gasteiger partial charge is 0.490 e. The maximum absolute atomic E-state index is 10.3. The quantitative estimate of drug-likeness (QED) is 0.253. The number of allylic oxidation sites excluding steroid dienone is 2. The zero-order chi connectivity index (χ0) is 12.0. The van der Waals surface area contributed by atoms with Crippen LogP contribution in [0.25, 0.3) is 0 Å². The molecule has 16 heavy (non-hydrogen) atoms. The molecule has 1 unspecified atom stereocenters. The van der Waals surface area contributed by atoms with Gasteiger partial charge >= 0.3 is 0 Å². The highest BCUT2D eigenvalue weighted by atomic mass is 35.5. The predicted molar refractivity (Wildman–Crippen MR) is 59.5 cm³/mol. The van der Waals surface area contributed by atoms with Crippen LogP contribution < -0.4 is 0 Å². The summed E-state index contributed by atoms with van der Waals surface area (Å²) in [5.74, 6) is 0.356. The number of nitrogens with zero attached hydrogens (tertiary/aromatic N) is 1. The number of halogens is 1. The molecule has 0 spiro atoms. The van der Waals surface area contributed by atoms with E-state index in [1.54, 1.807) is 19.1 Å². The summed E-state index contributed by atoms with van der Waals surface area (Å²) in [5, 5.41) is 8.28. The van der Waals surface area contributed by atoms with Crippen molar-refractivity contribution in [3.63, 3.8) is 0 Å². The van der Waals surface area contributed by atoms with Gasteiger partial charge in [-0.2, -0.15) is 0 Å². The van der Waals surface area contributed by atoms with Gasteiger partial charge in [-0.25, -0.2) is 4.89 Å². The normalized spacial score (nSPS) is 20.4. The summed E-state index contributed by atoms with van der Waals surface area (Å²) >= 11 is 5.56. The number of hydrogen-bond donors (Lipinski definition) is 1. The molecule has 1 aliphatic heterocycles. The van der Waals surface area contributed by atoms with Crippen LogP contribution in [0.3, 0.4) is 0 Å². The van der Waals surface area contributed by atoms with Crippen LogP contribution in [0.2, 0.25) is 0 Å². The lowest BCUT2D eigenvalue weighted by atomic mass is 10.3. The summed E-state index contributed by atoms with van der Waals surface area (Å²) in [4.78, 5) is 18.5. The molecule has 0 aliphatic carbocycles. The molecule has 1 aliphatic rings.